The third kappa shape index (κ3) is 6.31. The number of hydrogen-bond donors (Lipinski definition) is 2. The molecule has 1 fully saturated rings. The van der Waals surface area contributed by atoms with Crippen molar-refractivity contribution in [2.24, 2.45) is 0 Å². The van der Waals surface area contributed by atoms with Gasteiger partial charge in [0.2, 0.25) is 10.0 Å². The van der Waals surface area contributed by atoms with Gasteiger partial charge in [0.05, 0.1) is 4.90 Å². The van der Waals surface area contributed by atoms with E-state index in [9.17, 15) is 18.0 Å². The van der Waals surface area contributed by atoms with Gasteiger partial charge in [-0.15, -0.1) is 0 Å². The molecule has 8 heteroatoms. The lowest BCUT2D eigenvalue weighted by molar-refractivity contribution is -0.145. The highest BCUT2D eigenvalue weighted by molar-refractivity contribution is 7.89. The maximum atomic E-state index is 12.5. The average Bonchev–Trinajstić information content (AvgIpc) is 2.69. The number of nitrogens with one attached hydrogen (secondary N) is 2. The van der Waals surface area contributed by atoms with E-state index in [-0.39, 0.29) is 10.9 Å². The number of nitrogens with zero attached hydrogens (tertiary/aromatic N) is 1. The molecule has 0 atom stereocenters. The van der Waals surface area contributed by atoms with Crippen LogP contribution >= 0.6 is 0 Å². The summed E-state index contributed by atoms with van der Waals surface area (Å²) >= 11 is 0. The van der Waals surface area contributed by atoms with E-state index in [1.807, 2.05) is 13.8 Å². The minimum atomic E-state index is -3.51. The van der Waals surface area contributed by atoms with Gasteiger partial charge in [0.1, 0.15) is 0 Å². The molecule has 2 rings (SSSR count). The Morgan fingerprint density at radius 2 is 1.64 bits per heavy atom. The summed E-state index contributed by atoms with van der Waals surface area (Å²) in [5.74, 6) is -1.14. The van der Waals surface area contributed by atoms with Gasteiger partial charge in [-0.25, -0.2) is 13.1 Å². The van der Waals surface area contributed by atoms with Crippen molar-refractivity contribution < 1.29 is 18.0 Å². The maximum Gasteiger partial charge on any atom is 0.311 e. The summed E-state index contributed by atoms with van der Waals surface area (Å²) < 4.78 is 27.8. The Hall–Kier alpha value is -1.93. The molecule has 1 aromatic carbocycles. The van der Waals surface area contributed by atoms with Gasteiger partial charge in [-0.2, -0.15) is 0 Å². The van der Waals surface area contributed by atoms with E-state index in [0.29, 0.717) is 26.1 Å². The SMILES string of the molecule is CCN(CC)C(=O)C(=O)NCCc1ccc(S(=O)(=O)NC2CCCCC2)cc1. The van der Waals surface area contributed by atoms with Crippen LogP contribution in [0, 0.1) is 0 Å². The predicted octanol–water partition coefficient (Wildman–Crippen LogP) is 1.82. The molecule has 2 N–H and O–H groups in total. The fourth-order valence-electron chi connectivity index (χ4n) is 3.39. The molecule has 156 valence electrons. The molecule has 1 aromatic rings. The van der Waals surface area contributed by atoms with Crippen molar-refractivity contribution in [3.05, 3.63) is 29.8 Å². The summed E-state index contributed by atoms with van der Waals surface area (Å²) in [5, 5.41) is 2.62. The van der Waals surface area contributed by atoms with Crippen molar-refractivity contribution in [1.29, 1.82) is 0 Å². The molecule has 2 amide bonds. The molecular weight excluding hydrogens is 378 g/mol. The fraction of sp³-hybridized carbons (Fsp3) is 0.600. The van der Waals surface area contributed by atoms with Crippen LogP contribution in [0.15, 0.2) is 29.2 Å². The third-order valence-corrected chi connectivity index (χ3v) is 6.64. The molecule has 0 saturated heterocycles. The molecule has 0 radical (unpaired) electrons. The second-order valence-electron chi connectivity index (χ2n) is 7.08. The van der Waals surface area contributed by atoms with Crippen LogP contribution in [0.4, 0.5) is 0 Å². The second-order valence-corrected chi connectivity index (χ2v) is 8.80. The topological polar surface area (TPSA) is 95.6 Å². The third-order valence-electron chi connectivity index (χ3n) is 5.10. The highest BCUT2D eigenvalue weighted by atomic mass is 32.2. The first-order chi connectivity index (χ1) is 13.4. The molecule has 0 unspecified atom stereocenters. The zero-order valence-electron chi connectivity index (χ0n) is 16.7. The van der Waals surface area contributed by atoms with Crippen LogP contribution in [0.5, 0.6) is 0 Å². The zero-order valence-corrected chi connectivity index (χ0v) is 17.6. The van der Waals surface area contributed by atoms with E-state index in [2.05, 4.69) is 10.0 Å². The Morgan fingerprint density at radius 3 is 2.21 bits per heavy atom. The molecule has 0 aromatic heterocycles. The van der Waals surface area contributed by atoms with Gasteiger partial charge in [-0.3, -0.25) is 9.59 Å². The van der Waals surface area contributed by atoms with Gasteiger partial charge in [0, 0.05) is 25.7 Å². The van der Waals surface area contributed by atoms with Crippen LogP contribution in [0.3, 0.4) is 0 Å². The number of likely N-dealkylation sites (N-methyl/N-ethyl adjacent to an activating group) is 1. The predicted molar refractivity (Wildman–Crippen MR) is 108 cm³/mol. The molecule has 0 heterocycles. The summed E-state index contributed by atoms with van der Waals surface area (Å²) in [5.41, 5.74) is 0.896. The van der Waals surface area contributed by atoms with Crippen molar-refractivity contribution in [2.75, 3.05) is 19.6 Å². The Labute approximate surface area is 167 Å². The van der Waals surface area contributed by atoms with Gasteiger partial charge < -0.3 is 10.2 Å². The van der Waals surface area contributed by atoms with Crippen molar-refractivity contribution in [3.63, 3.8) is 0 Å². The highest BCUT2D eigenvalue weighted by Gasteiger charge is 2.22. The lowest BCUT2D eigenvalue weighted by Crippen LogP contribution is -2.43. The van der Waals surface area contributed by atoms with Crippen molar-refractivity contribution in [1.82, 2.24) is 14.9 Å². The molecule has 28 heavy (non-hydrogen) atoms. The van der Waals surface area contributed by atoms with E-state index < -0.39 is 21.8 Å². The van der Waals surface area contributed by atoms with Crippen molar-refractivity contribution in [2.45, 2.75) is 63.3 Å². The molecule has 1 aliphatic rings. The first kappa shape index (κ1) is 22.4. The van der Waals surface area contributed by atoms with E-state index in [1.165, 1.54) is 11.3 Å². The Balaban J connectivity index is 1.85. The molecule has 1 aliphatic carbocycles. The Bertz CT molecular complexity index is 752. The number of hydrogen-bond acceptors (Lipinski definition) is 4. The van der Waals surface area contributed by atoms with Crippen LogP contribution in [0.1, 0.15) is 51.5 Å². The molecule has 0 aliphatic heterocycles. The van der Waals surface area contributed by atoms with Gasteiger partial charge in [-0.1, -0.05) is 31.4 Å². The standard InChI is InChI=1S/C20H31N3O4S/c1-3-23(4-2)20(25)19(24)21-15-14-16-10-12-18(13-11-16)28(26,27)22-17-8-6-5-7-9-17/h10-13,17,22H,3-9,14-15H2,1-2H3,(H,21,24). The van der Waals surface area contributed by atoms with Crippen LogP contribution in [0.25, 0.3) is 0 Å². The summed E-state index contributed by atoms with van der Waals surface area (Å²) in [6.07, 6.45) is 5.60. The monoisotopic (exact) mass is 409 g/mol. The summed E-state index contributed by atoms with van der Waals surface area (Å²) in [6.45, 7) is 4.96. The van der Waals surface area contributed by atoms with Crippen molar-refractivity contribution in [3.8, 4) is 0 Å². The minimum absolute atomic E-state index is 0.0250. The molecule has 0 bridgehead atoms. The molecular formula is C20H31N3O4S. The average molecular weight is 410 g/mol. The van der Waals surface area contributed by atoms with E-state index >= 15 is 0 Å². The van der Waals surface area contributed by atoms with Gasteiger partial charge in [-0.05, 0) is 50.8 Å². The van der Waals surface area contributed by atoms with E-state index in [0.717, 1.165) is 31.2 Å². The van der Waals surface area contributed by atoms with Crippen LogP contribution in [0.2, 0.25) is 0 Å². The van der Waals surface area contributed by atoms with Crippen LogP contribution in [-0.2, 0) is 26.0 Å². The molecule has 7 nitrogen and oxygen atoms in total. The number of amides is 2. The minimum Gasteiger partial charge on any atom is -0.347 e. The second kappa shape index (κ2) is 10.6. The van der Waals surface area contributed by atoms with Gasteiger partial charge in [0.25, 0.3) is 0 Å². The highest BCUT2D eigenvalue weighted by Crippen LogP contribution is 2.20. The number of carbonyl (C=O) groups excluding carboxylic acids is 2. The van der Waals surface area contributed by atoms with Crippen molar-refractivity contribution >= 4 is 21.8 Å². The molecule has 1 saturated carbocycles. The Morgan fingerprint density at radius 1 is 1.04 bits per heavy atom. The van der Waals surface area contributed by atoms with Gasteiger partial charge in [0.15, 0.2) is 0 Å². The fourth-order valence-corrected chi connectivity index (χ4v) is 4.70. The summed E-state index contributed by atoms with van der Waals surface area (Å²) in [6, 6.07) is 6.69. The Kier molecular flexibility index (Phi) is 8.44. The number of rotatable bonds is 8. The summed E-state index contributed by atoms with van der Waals surface area (Å²) in [4.78, 5) is 25.5. The zero-order chi connectivity index (χ0) is 20.6. The largest absolute Gasteiger partial charge is 0.347 e. The lowest BCUT2D eigenvalue weighted by atomic mass is 9.96. The smallest absolute Gasteiger partial charge is 0.311 e. The van der Waals surface area contributed by atoms with E-state index in [1.54, 1.807) is 24.3 Å². The lowest BCUT2D eigenvalue weighted by Gasteiger charge is -2.22. The first-order valence-corrected chi connectivity index (χ1v) is 11.5. The van der Waals surface area contributed by atoms with Crippen LogP contribution < -0.4 is 10.0 Å². The summed E-state index contributed by atoms with van der Waals surface area (Å²) in [7, 11) is -3.51. The normalized spacial score (nSPS) is 15.2. The molecule has 0 spiro atoms. The van der Waals surface area contributed by atoms with E-state index in [4.69, 9.17) is 0 Å². The maximum absolute atomic E-state index is 12.5. The number of benzene rings is 1. The number of carbonyl (C=O) groups is 2. The first-order valence-electron chi connectivity index (χ1n) is 10.1. The number of sulfonamides is 1. The van der Waals surface area contributed by atoms with Crippen LogP contribution in [-0.4, -0.2) is 50.8 Å². The quantitative estimate of drug-likeness (QED) is 0.640. The van der Waals surface area contributed by atoms with Gasteiger partial charge >= 0.3 is 11.8 Å².